The zero-order chi connectivity index (χ0) is 17.8. The molecule has 1 aromatic carbocycles. The minimum absolute atomic E-state index is 0.0574. The maximum absolute atomic E-state index is 12.8. The highest BCUT2D eigenvalue weighted by molar-refractivity contribution is 6.30. The van der Waals surface area contributed by atoms with Gasteiger partial charge >= 0.3 is 0 Å². The molecule has 0 atom stereocenters. The van der Waals surface area contributed by atoms with Crippen molar-refractivity contribution in [2.75, 3.05) is 0 Å². The lowest BCUT2D eigenvalue weighted by molar-refractivity contribution is -0.137. The molecule has 1 aliphatic carbocycles. The van der Waals surface area contributed by atoms with Gasteiger partial charge in [-0.05, 0) is 56.2 Å². The Morgan fingerprint density at radius 2 is 1.92 bits per heavy atom. The molecule has 1 aliphatic rings. The van der Waals surface area contributed by atoms with E-state index in [1.807, 2.05) is 17.0 Å². The standard InChI is InChI=1S/C18H24ClN5O/c1-13(2)24(16-6-4-3-5-7-16)17(25)12-23-21-18(20-22-23)14-8-10-15(19)11-9-14/h8-11,13,16H,3-7,12H2,1-2H3. The van der Waals surface area contributed by atoms with Crippen molar-refractivity contribution in [1.29, 1.82) is 0 Å². The molecule has 1 fully saturated rings. The van der Waals surface area contributed by atoms with E-state index < -0.39 is 0 Å². The van der Waals surface area contributed by atoms with Crippen molar-refractivity contribution in [3.05, 3.63) is 29.3 Å². The van der Waals surface area contributed by atoms with Crippen LogP contribution in [0.25, 0.3) is 11.4 Å². The summed E-state index contributed by atoms with van der Waals surface area (Å²) >= 11 is 5.90. The van der Waals surface area contributed by atoms with Gasteiger partial charge in [-0.2, -0.15) is 4.80 Å². The summed E-state index contributed by atoms with van der Waals surface area (Å²) in [5.41, 5.74) is 0.830. The Morgan fingerprint density at radius 3 is 2.56 bits per heavy atom. The largest absolute Gasteiger partial charge is 0.336 e. The summed E-state index contributed by atoms with van der Waals surface area (Å²) in [5, 5.41) is 13.1. The van der Waals surface area contributed by atoms with E-state index in [0.717, 1.165) is 18.4 Å². The lowest BCUT2D eigenvalue weighted by Gasteiger charge is -2.37. The van der Waals surface area contributed by atoms with Crippen LogP contribution in [0.3, 0.4) is 0 Å². The molecule has 0 bridgehead atoms. The predicted octanol–water partition coefficient (Wildman–Crippen LogP) is 3.56. The van der Waals surface area contributed by atoms with Gasteiger partial charge < -0.3 is 4.90 Å². The molecule has 134 valence electrons. The van der Waals surface area contributed by atoms with Crippen molar-refractivity contribution in [2.45, 2.75) is 64.6 Å². The number of benzene rings is 1. The quantitative estimate of drug-likeness (QED) is 0.816. The second-order valence-electron chi connectivity index (χ2n) is 6.84. The fourth-order valence-electron chi connectivity index (χ4n) is 3.50. The Bertz CT molecular complexity index is 707. The minimum Gasteiger partial charge on any atom is -0.336 e. The molecule has 0 unspecified atom stereocenters. The highest BCUT2D eigenvalue weighted by Crippen LogP contribution is 2.24. The number of rotatable bonds is 5. The van der Waals surface area contributed by atoms with Crippen LogP contribution in [-0.4, -0.2) is 43.1 Å². The van der Waals surface area contributed by atoms with Crippen LogP contribution in [0, 0.1) is 0 Å². The smallest absolute Gasteiger partial charge is 0.246 e. The van der Waals surface area contributed by atoms with E-state index in [1.54, 1.807) is 12.1 Å². The summed E-state index contributed by atoms with van der Waals surface area (Å²) in [5.74, 6) is 0.556. The number of halogens is 1. The topological polar surface area (TPSA) is 63.9 Å². The third-order valence-electron chi connectivity index (χ3n) is 4.64. The van der Waals surface area contributed by atoms with Crippen molar-refractivity contribution >= 4 is 17.5 Å². The van der Waals surface area contributed by atoms with Gasteiger partial charge in [-0.15, -0.1) is 10.2 Å². The van der Waals surface area contributed by atoms with E-state index in [4.69, 9.17) is 11.6 Å². The maximum Gasteiger partial charge on any atom is 0.246 e. The third-order valence-corrected chi connectivity index (χ3v) is 4.90. The summed E-state index contributed by atoms with van der Waals surface area (Å²) < 4.78 is 0. The first kappa shape index (κ1) is 17.9. The van der Waals surface area contributed by atoms with Gasteiger partial charge in [0.25, 0.3) is 0 Å². The Hall–Kier alpha value is -1.95. The molecule has 3 rings (SSSR count). The zero-order valence-corrected chi connectivity index (χ0v) is 15.5. The molecule has 1 amide bonds. The fourth-order valence-corrected chi connectivity index (χ4v) is 3.63. The lowest BCUT2D eigenvalue weighted by Crippen LogP contribution is -2.47. The molecule has 1 heterocycles. The number of tetrazole rings is 1. The van der Waals surface area contributed by atoms with E-state index in [-0.39, 0.29) is 18.5 Å². The van der Waals surface area contributed by atoms with Crippen LogP contribution in [0.4, 0.5) is 0 Å². The van der Waals surface area contributed by atoms with E-state index >= 15 is 0 Å². The van der Waals surface area contributed by atoms with Gasteiger partial charge in [0.2, 0.25) is 11.7 Å². The Balaban J connectivity index is 1.70. The number of amides is 1. The molecular formula is C18H24ClN5O. The zero-order valence-electron chi connectivity index (χ0n) is 14.7. The Morgan fingerprint density at radius 1 is 1.24 bits per heavy atom. The van der Waals surface area contributed by atoms with E-state index in [0.29, 0.717) is 16.9 Å². The second kappa shape index (κ2) is 7.95. The van der Waals surface area contributed by atoms with Crippen molar-refractivity contribution in [2.24, 2.45) is 0 Å². The lowest BCUT2D eigenvalue weighted by atomic mass is 9.93. The van der Waals surface area contributed by atoms with Crippen LogP contribution in [0.5, 0.6) is 0 Å². The highest BCUT2D eigenvalue weighted by atomic mass is 35.5. The number of hydrogen-bond acceptors (Lipinski definition) is 4. The SMILES string of the molecule is CC(C)N(C(=O)Cn1nnc(-c2ccc(Cl)cc2)n1)C1CCCCC1. The first-order valence-electron chi connectivity index (χ1n) is 8.89. The van der Waals surface area contributed by atoms with Crippen LogP contribution >= 0.6 is 11.6 Å². The van der Waals surface area contributed by atoms with Gasteiger partial charge in [0, 0.05) is 22.7 Å². The summed E-state index contributed by atoms with van der Waals surface area (Å²) in [6.45, 7) is 4.26. The summed E-state index contributed by atoms with van der Waals surface area (Å²) in [7, 11) is 0. The predicted molar refractivity (Wildman–Crippen MR) is 97.1 cm³/mol. The number of carbonyl (C=O) groups is 1. The third kappa shape index (κ3) is 4.37. The molecule has 1 aromatic heterocycles. The molecule has 1 saturated carbocycles. The first-order chi connectivity index (χ1) is 12.0. The maximum atomic E-state index is 12.8. The molecule has 2 aromatic rings. The minimum atomic E-state index is 0.0574. The molecule has 6 nitrogen and oxygen atoms in total. The van der Waals surface area contributed by atoms with Crippen LogP contribution in [0.15, 0.2) is 24.3 Å². The molecule has 0 radical (unpaired) electrons. The normalized spacial score (nSPS) is 15.5. The van der Waals surface area contributed by atoms with Crippen molar-refractivity contribution < 1.29 is 4.79 Å². The molecule has 25 heavy (non-hydrogen) atoms. The second-order valence-corrected chi connectivity index (χ2v) is 7.27. The van der Waals surface area contributed by atoms with Gasteiger partial charge in [0.15, 0.2) is 0 Å². The van der Waals surface area contributed by atoms with Gasteiger partial charge in [-0.25, -0.2) is 0 Å². The number of aromatic nitrogens is 4. The van der Waals surface area contributed by atoms with Crippen LogP contribution in [-0.2, 0) is 11.3 Å². The van der Waals surface area contributed by atoms with E-state index in [1.165, 1.54) is 24.1 Å². The molecule has 0 N–H and O–H groups in total. The van der Waals surface area contributed by atoms with E-state index in [2.05, 4.69) is 29.3 Å². The molecule has 7 heteroatoms. The monoisotopic (exact) mass is 361 g/mol. The molecule has 0 aliphatic heterocycles. The van der Waals surface area contributed by atoms with E-state index in [9.17, 15) is 4.79 Å². The molecule has 0 saturated heterocycles. The van der Waals surface area contributed by atoms with Crippen LogP contribution in [0.2, 0.25) is 5.02 Å². The molecule has 0 spiro atoms. The Kier molecular flexibility index (Phi) is 5.68. The number of hydrogen-bond donors (Lipinski definition) is 0. The van der Waals surface area contributed by atoms with Crippen molar-refractivity contribution in [1.82, 2.24) is 25.1 Å². The summed E-state index contributed by atoms with van der Waals surface area (Å²) in [4.78, 5) is 16.2. The van der Waals surface area contributed by atoms with Crippen LogP contribution in [0.1, 0.15) is 46.0 Å². The van der Waals surface area contributed by atoms with Gasteiger partial charge in [0.05, 0.1) is 0 Å². The van der Waals surface area contributed by atoms with Gasteiger partial charge in [0.1, 0.15) is 6.54 Å². The van der Waals surface area contributed by atoms with Crippen LogP contribution < -0.4 is 0 Å². The van der Waals surface area contributed by atoms with Crippen molar-refractivity contribution in [3.63, 3.8) is 0 Å². The highest BCUT2D eigenvalue weighted by Gasteiger charge is 2.28. The summed E-state index contributed by atoms with van der Waals surface area (Å²) in [6.07, 6.45) is 5.84. The van der Waals surface area contributed by atoms with Crippen molar-refractivity contribution in [3.8, 4) is 11.4 Å². The fraction of sp³-hybridized carbons (Fsp3) is 0.556. The number of carbonyl (C=O) groups excluding carboxylic acids is 1. The van der Waals surface area contributed by atoms with Gasteiger partial charge in [-0.3, -0.25) is 4.79 Å². The average Bonchev–Trinajstić information content (AvgIpc) is 3.04. The number of nitrogens with zero attached hydrogens (tertiary/aromatic N) is 5. The molecular weight excluding hydrogens is 338 g/mol. The Labute approximate surface area is 153 Å². The van der Waals surface area contributed by atoms with Gasteiger partial charge in [-0.1, -0.05) is 30.9 Å². The summed E-state index contributed by atoms with van der Waals surface area (Å²) in [6, 6.07) is 7.76. The average molecular weight is 362 g/mol. The first-order valence-corrected chi connectivity index (χ1v) is 9.27.